The molecule has 0 unspecified atom stereocenters. The van der Waals surface area contributed by atoms with Crippen molar-refractivity contribution in [2.75, 3.05) is 44.0 Å². The van der Waals surface area contributed by atoms with Crippen molar-refractivity contribution < 1.29 is 33.4 Å². The Balaban J connectivity index is 1.55. The molecule has 2 aromatic rings. The monoisotopic (exact) mass is 669 g/mol. The van der Waals surface area contributed by atoms with Crippen LogP contribution in [-0.2, 0) is 4.74 Å². The molecule has 264 valence electrons. The summed E-state index contributed by atoms with van der Waals surface area (Å²) in [6, 6.07) is 9.25. The lowest BCUT2D eigenvalue weighted by atomic mass is 9.96. The quantitative estimate of drug-likeness (QED) is 0.276. The SMILES string of the molecule is C[C@@H]1CN([C@H](C)CO)C(=O)c2cc(NC(=O)Nc3ccc(F)cc3)ccc2O[C@@H](C)CCCCO[C@@H]1CN(C)C(=O)NC1CCCCC1. The van der Waals surface area contributed by atoms with E-state index in [0.717, 1.165) is 44.9 Å². The zero-order chi connectivity index (χ0) is 34.6. The van der Waals surface area contributed by atoms with Crippen molar-refractivity contribution in [2.45, 2.75) is 96.4 Å². The summed E-state index contributed by atoms with van der Waals surface area (Å²) in [6.07, 6.45) is 7.27. The van der Waals surface area contributed by atoms with Crippen LogP contribution in [0.5, 0.6) is 5.75 Å². The molecule has 2 aromatic carbocycles. The molecule has 1 fully saturated rings. The highest BCUT2D eigenvalue weighted by Gasteiger charge is 2.31. The number of aliphatic hydroxyl groups is 1. The Kier molecular flexibility index (Phi) is 13.9. The molecule has 11 nitrogen and oxygen atoms in total. The lowest BCUT2D eigenvalue weighted by Gasteiger charge is -2.36. The molecular weight excluding hydrogens is 617 g/mol. The summed E-state index contributed by atoms with van der Waals surface area (Å²) >= 11 is 0. The standard InChI is InChI=1S/C36H52FN5O6/c1-24-21-42(25(2)23-43)34(44)31-20-30(39-35(45)38-29-15-13-27(37)14-16-29)17-18-32(31)48-26(3)10-8-9-19-47-33(24)22-41(4)36(46)40-28-11-6-5-7-12-28/h13-18,20,24-26,28,33,43H,5-12,19,21-23H2,1-4H3,(H,40,46)(H2,38,39,45)/t24-,25-,26+,33-/m1/s1. The topological polar surface area (TPSA) is 132 Å². The fraction of sp³-hybridized carbons (Fsp3) is 0.583. The number of urea groups is 2. The summed E-state index contributed by atoms with van der Waals surface area (Å²) < 4.78 is 26.0. The van der Waals surface area contributed by atoms with E-state index in [0.29, 0.717) is 30.3 Å². The minimum atomic E-state index is -0.560. The van der Waals surface area contributed by atoms with Crippen molar-refractivity contribution in [3.05, 3.63) is 53.8 Å². The van der Waals surface area contributed by atoms with E-state index in [1.165, 1.54) is 30.7 Å². The van der Waals surface area contributed by atoms with Gasteiger partial charge in [-0.1, -0.05) is 26.2 Å². The number of hydrogen-bond donors (Lipinski definition) is 4. The Hall–Kier alpha value is -3.90. The number of benzene rings is 2. The number of fused-ring (bicyclic) bond motifs is 1. The van der Waals surface area contributed by atoms with Gasteiger partial charge in [0, 0.05) is 50.1 Å². The van der Waals surface area contributed by atoms with Gasteiger partial charge in [-0.25, -0.2) is 14.0 Å². The number of carbonyl (C=O) groups excluding carboxylic acids is 3. The van der Waals surface area contributed by atoms with Gasteiger partial charge in [-0.05, 0) is 88.4 Å². The maximum absolute atomic E-state index is 14.3. The third kappa shape index (κ3) is 10.8. The van der Waals surface area contributed by atoms with Crippen LogP contribution >= 0.6 is 0 Å². The van der Waals surface area contributed by atoms with Crippen LogP contribution in [0.3, 0.4) is 0 Å². The largest absolute Gasteiger partial charge is 0.490 e. The van der Waals surface area contributed by atoms with Gasteiger partial charge in [-0.2, -0.15) is 0 Å². The molecule has 0 bridgehead atoms. The number of halogens is 1. The molecule has 1 aliphatic heterocycles. The fourth-order valence-electron chi connectivity index (χ4n) is 6.17. The normalized spacial score (nSPS) is 22.0. The predicted octanol–water partition coefficient (Wildman–Crippen LogP) is 6.24. The molecule has 12 heteroatoms. The minimum absolute atomic E-state index is 0.128. The second kappa shape index (κ2) is 18.0. The number of amides is 5. The molecular formula is C36H52FN5O6. The first-order valence-electron chi connectivity index (χ1n) is 17.2. The summed E-state index contributed by atoms with van der Waals surface area (Å²) in [5, 5.41) is 18.8. The molecule has 0 aromatic heterocycles. The molecule has 1 aliphatic carbocycles. The zero-order valence-electron chi connectivity index (χ0n) is 28.7. The molecule has 1 saturated carbocycles. The first-order chi connectivity index (χ1) is 23.0. The second-order valence-corrected chi connectivity index (χ2v) is 13.3. The van der Waals surface area contributed by atoms with E-state index in [-0.39, 0.29) is 54.8 Å². The van der Waals surface area contributed by atoms with E-state index in [4.69, 9.17) is 9.47 Å². The van der Waals surface area contributed by atoms with Crippen molar-refractivity contribution in [1.29, 1.82) is 0 Å². The van der Waals surface area contributed by atoms with Crippen molar-refractivity contribution in [2.24, 2.45) is 5.92 Å². The second-order valence-electron chi connectivity index (χ2n) is 13.3. The van der Waals surface area contributed by atoms with Crippen LogP contribution in [0.15, 0.2) is 42.5 Å². The molecule has 0 radical (unpaired) electrons. The van der Waals surface area contributed by atoms with Gasteiger partial charge in [0.2, 0.25) is 0 Å². The number of aliphatic hydroxyl groups excluding tert-OH is 1. The Morgan fingerprint density at radius 1 is 1.00 bits per heavy atom. The first-order valence-corrected chi connectivity index (χ1v) is 17.2. The Bertz CT molecular complexity index is 1350. The highest BCUT2D eigenvalue weighted by molar-refractivity contribution is 6.02. The van der Waals surface area contributed by atoms with Gasteiger partial charge in [0.05, 0.1) is 30.4 Å². The number of nitrogens with zero attached hydrogens (tertiary/aromatic N) is 2. The van der Waals surface area contributed by atoms with Gasteiger partial charge in [-0.15, -0.1) is 0 Å². The third-order valence-electron chi connectivity index (χ3n) is 9.14. The lowest BCUT2D eigenvalue weighted by molar-refractivity contribution is -0.0123. The zero-order valence-corrected chi connectivity index (χ0v) is 28.7. The molecule has 1 heterocycles. The van der Waals surface area contributed by atoms with Crippen molar-refractivity contribution >= 4 is 29.3 Å². The third-order valence-corrected chi connectivity index (χ3v) is 9.14. The van der Waals surface area contributed by atoms with Gasteiger partial charge in [0.25, 0.3) is 5.91 Å². The van der Waals surface area contributed by atoms with E-state index in [1.54, 1.807) is 42.0 Å². The summed E-state index contributed by atoms with van der Waals surface area (Å²) in [5.74, 6) is -0.598. The van der Waals surface area contributed by atoms with Gasteiger partial charge in [0.15, 0.2) is 0 Å². The molecule has 4 atom stereocenters. The van der Waals surface area contributed by atoms with Gasteiger partial charge < -0.3 is 40.3 Å². The number of nitrogens with one attached hydrogen (secondary N) is 3. The van der Waals surface area contributed by atoms with Crippen molar-refractivity contribution in [3.63, 3.8) is 0 Å². The maximum Gasteiger partial charge on any atom is 0.323 e. The average molecular weight is 670 g/mol. The highest BCUT2D eigenvalue weighted by atomic mass is 19.1. The van der Waals surface area contributed by atoms with E-state index >= 15 is 0 Å². The van der Waals surface area contributed by atoms with Crippen LogP contribution in [0.2, 0.25) is 0 Å². The van der Waals surface area contributed by atoms with Gasteiger partial charge in [-0.3, -0.25) is 4.79 Å². The summed E-state index contributed by atoms with van der Waals surface area (Å²) in [6.45, 7) is 6.55. The van der Waals surface area contributed by atoms with Gasteiger partial charge in [0.1, 0.15) is 11.6 Å². The molecule has 0 saturated heterocycles. The molecule has 0 spiro atoms. The number of rotatable bonds is 7. The number of hydrogen-bond acceptors (Lipinski definition) is 6. The van der Waals surface area contributed by atoms with E-state index in [1.807, 2.05) is 13.8 Å². The maximum atomic E-state index is 14.3. The average Bonchev–Trinajstić information content (AvgIpc) is 3.07. The summed E-state index contributed by atoms with van der Waals surface area (Å²) in [4.78, 5) is 43.5. The first kappa shape index (κ1) is 36.9. The van der Waals surface area contributed by atoms with E-state index in [9.17, 15) is 23.9 Å². The predicted molar refractivity (Wildman–Crippen MR) is 184 cm³/mol. The number of ether oxygens (including phenoxy) is 2. The van der Waals surface area contributed by atoms with Crippen LogP contribution in [0.25, 0.3) is 0 Å². The van der Waals surface area contributed by atoms with Crippen LogP contribution in [0, 0.1) is 11.7 Å². The molecule has 2 aliphatic rings. The Morgan fingerprint density at radius 3 is 2.38 bits per heavy atom. The molecule has 4 rings (SSSR count). The van der Waals surface area contributed by atoms with Crippen LogP contribution in [0.1, 0.15) is 82.5 Å². The van der Waals surface area contributed by atoms with Crippen molar-refractivity contribution in [3.8, 4) is 5.75 Å². The van der Waals surface area contributed by atoms with E-state index < -0.39 is 17.9 Å². The Labute approximate surface area is 283 Å². The Morgan fingerprint density at radius 2 is 1.67 bits per heavy atom. The minimum Gasteiger partial charge on any atom is -0.490 e. The fourth-order valence-corrected chi connectivity index (χ4v) is 6.17. The van der Waals surface area contributed by atoms with Crippen LogP contribution in [0.4, 0.5) is 25.4 Å². The number of anilines is 2. The molecule has 48 heavy (non-hydrogen) atoms. The number of likely N-dealkylation sites (N-methyl/N-ethyl adjacent to an activating group) is 1. The smallest absolute Gasteiger partial charge is 0.323 e. The van der Waals surface area contributed by atoms with Gasteiger partial charge >= 0.3 is 12.1 Å². The lowest BCUT2D eigenvalue weighted by Crippen LogP contribution is -2.50. The number of carbonyl (C=O) groups is 3. The van der Waals surface area contributed by atoms with Crippen LogP contribution in [-0.4, -0.2) is 90.5 Å². The van der Waals surface area contributed by atoms with E-state index in [2.05, 4.69) is 16.0 Å². The van der Waals surface area contributed by atoms with Crippen molar-refractivity contribution in [1.82, 2.24) is 15.1 Å². The van der Waals surface area contributed by atoms with Crippen LogP contribution < -0.4 is 20.7 Å². The molecule has 4 N–H and O–H groups in total. The highest BCUT2D eigenvalue weighted by Crippen LogP contribution is 2.29. The summed E-state index contributed by atoms with van der Waals surface area (Å²) in [5.41, 5.74) is 1.01. The summed E-state index contributed by atoms with van der Waals surface area (Å²) in [7, 11) is 1.77. The molecule has 5 amide bonds.